The fourth-order valence-corrected chi connectivity index (χ4v) is 5.37. The van der Waals surface area contributed by atoms with Crippen molar-refractivity contribution in [1.82, 2.24) is 0 Å². The Bertz CT molecular complexity index is 523. The second-order valence-electron chi connectivity index (χ2n) is 8.53. The van der Waals surface area contributed by atoms with Crippen LogP contribution in [0.4, 0.5) is 0 Å². The van der Waals surface area contributed by atoms with Gasteiger partial charge in [-0.3, -0.25) is 19.2 Å². The molecule has 0 aromatic heterocycles. The summed E-state index contributed by atoms with van der Waals surface area (Å²) in [4.78, 5) is 60.9. The minimum atomic E-state index is -1.70. The lowest BCUT2D eigenvalue weighted by Crippen LogP contribution is -2.41. The van der Waals surface area contributed by atoms with E-state index in [4.69, 9.17) is 0 Å². The molecule has 0 saturated carbocycles. The molecule has 24 heavy (non-hydrogen) atoms. The van der Waals surface area contributed by atoms with Gasteiger partial charge in [0.25, 0.3) is 15.2 Å². The smallest absolute Gasteiger partial charge is 0.291 e. The van der Waals surface area contributed by atoms with Crippen molar-refractivity contribution < 1.29 is 24.0 Å². The van der Waals surface area contributed by atoms with Gasteiger partial charge in [-0.2, -0.15) is 0 Å². The van der Waals surface area contributed by atoms with Gasteiger partial charge >= 0.3 is 0 Å². The van der Waals surface area contributed by atoms with Gasteiger partial charge in [0.15, 0.2) is 0 Å². The van der Waals surface area contributed by atoms with Crippen LogP contribution in [-0.4, -0.2) is 44.1 Å². The third kappa shape index (κ3) is 6.78. The van der Waals surface area contributed by atoms with Crippen LogP contribution in [0.1, 0.15) is 61.8 Å². The number of ketones is 5. The number of carbonyl (C=O) groups is 5. The Hall–Kier alpha value is -1.12. The maximum Gasteiger partial charge on any atom is 0.291 e. The molecule has 0 heterocycles. The highest BCUT2D eigenvalue weighted by molar-refractivity contribution is 6.62. The molecule has 0 saturated heterocycles. The van der Waals surface area contributed by atoms with Gasteiger partial charge in [-0.1, -0.05) is 41.5 Å². The molecule has 5 nitrogen and oxygen atoms in total. The number of hydrogen-bond donors (Lipinski definition) is 0. The minimum absolute atomic E-state index is 0.226. The van der Waals surface area contributed by atoms with Crippen LogP contribution in [0.5, 0.6) is 0 Å². The van der Waals surface area contributed by atoms with E-state index in [1.807, 2.05) is 0 Å². The van der Waals surface area contributed by atoms with E-state index in [0.717, 1.165) is 0 Å². The zero-order valence-electron chi connectivity index (χ0n) is 16.1. The normalized spacial score (nSPS) is 13.4. The lowest BCUT2D eigenvalue weighted by molar-refractivity contribution is -0.135. The summed E-state index contributed by atoms with van der Waals surface area (Å²) in [5.74, 6) is -1.59. The van der Waals surface area contributed by atoms with Crippen LogP contribution in [0.25, 0.3) is 0 Å². The highest BCUT2D eigenvalue weighted by Gasteiger charge is 2.43. The summed E-state index contributed by atoms with van der Waals surface area (Å²) in [5, 5.41) is 0. The van der Waals surface area contributed by atoms with Crippen LogP contribution in [0.15, 0.2) is 0 Å². The van der Waals surface area contributed by atoms with Crippen molar-refractivity contribution >= 4 is 44.1 Å². The van der Waals surface area contributed by atoms with Crippen molar-refractivity contribution in [3.63, 3.8) is 0 Å². The van der Waals surface area contributed by atoms with Gasteiger partial charge in [0, 0.05) is 20.4 Å². The summed E-state index contributed by atoms with van der Waals surface area (Å²) in [7, 11) is 0. The van der Waals surface area contributed by atoms with E-state index in [9.17, 15) is 24.0 Å². The monoisotopic (exact) mass is 352 g/mol. The molecule has 1 atom stereocenters. The third-order valence-corrected chi connectivity index (χ3v) is 6.60. The molecule has 0 aromatic rings. The molecule has 0 radical (unpaired) electrons. The van der Waals surface area contributed by atoms with E-state index >= 15 is 0 Å². The lowest BCUT2D eigenvalue weighted by atomic mass is 9.81. The highest BCUT2D eigenvalue weighted by Crippen LogP contribution is 2.33. The maximum atomic E-state index is 12.8. The standard InChI is InChI=1S/C11H19O2.C7H9O3.Al.H/c1-10(2,3)8(12)7-9(13)11(4,5)6;1-5(8)3-7(10)4-6(2)9;;/h7H,1-6H3;3H,4H2,1-2H3;;. The summed E-state index contributed by atoms with van der Waals surface area (Å²) in [6.07, 6.45) is -0.322. The molecular weight excluding hydrogens is 323 g/mol. The Morgan fingerprint density at radius 2 is 1.12 bits per heavy atom. The van der Waals surface area contributed by atoms with Gasteiger partial charge < -0.3 is 4.79 Å². The number of carbonyl (C=O) groups excluding carboxylic acids is 5. The molecule has 0 N–H and O–H groups in total. The van der Waals surface area contributed by atoms with Gasteiger partial charge in [-0.05, 0) is 13.8 Å². The van der Waals surface area contributed by atoms with Gasteiger partial charge in [0.2, 0.25) is 0 Å². The van der Waals surface area contributed by atoms with E-state index < -0.39 is 41.4 Å². The first kappa shape index (κ1) is 22.9. The van der Waals surface area contributed by atoms with Gasteiger partial charge in [0.1, 0.15) is 28.9 Å². The summed E-state index contributed by atoms with van der Waals surface area (Å²) >= 11 is -1.70. The van der Waals surface area contributed by atoms with Crippen LogP contribution >= 0.6 is 0 Å². The molecule has 0 aromatic carbocycles. The summed E-state index contributed by atoms with van der Waals surface area (Å²) in [5.41, 5.74) is -1.47. The van der Waals surface area contributed by atoms with Crippen LogP contribution in [0, 0.1) is 10.8 Å². The van der Waals surface area contributed by atoms with Crippen molar-refractivity contribution in [3.05, 3.63) is 0 Å². The average molecular weight is 352 g/mol. The topological polar surface area (TPSA) is 85.3 Å². The first-order chi connectivity index (χ1) is 10.6. The SMILES string of the molecule is CC(=O)CC(=O)[CH]([AlH][CH](C(=O)C(C)(C)C)C(=O)C(C)(C)C)C(C)=O. The average Bonchev–Trinajstić information content (AvgIpc) is 2.34. The molecule has 0 bridgehead atoms. The molecule has 6 heteroatoms. The van der Waals surface area contributed by atoms with E-state index in [-0.39, 0.29) is 29.6 Å². The Labute approximate surface area is 150 Å². The van der Waals surface area contributed by atoms with Gasteiger partial charge in [-0.15, -0.1) is 0 Å². The molecule has 0 amide bonds. The summed E-state index contributed by atoms with van der Waals surface area (Å²) in [6, 6.07) is 0. The second-order valence-corrected chi connectivity index (χ2v) is 10.6. The zero-order valence-corrected chi connectivity index (χ0v) is 17.5. The number of rotatable bonds is 8. The molecule has 1 unspecified atom stereocenters. The third-order valence-electron chi connectivity index (χ3n) is 3.89. The van der Waals surface area contributed by atoms with Gasteiger partial charge in [-0.25, -0.2) is 0 Å². The highest BCUT2D eigenvalue weighted by atomic mass is 27.1. The van der Waals surface area contributed by atoms with Gasteiger partial charge in [0.05, 0.1) is 6.42 Å². The van der Waals surface area contributed by atoms with Crippen LogP contribution in [-0.2, 0) is 24.0 Å². The van der Waals surface area contributed by atoms with E-state index in [2.05, 4.69) is 0 Å². The van der Waals surface area contributed by atoms with E-state index in [0.29, 0.717) is 0 Å². The predicted octanol–water partition coefficient (Wildman–Crippen LogP) is 2.37. The largest absolute Gasteiger partial charge is 0.301 e. The summed E-state index contributed by atoms with van der Waals surface area (Å²) in [6.45, 7) is 12.9. The number of hydrogen-bond acceptors (Lipinski definition) is 5. The first-order valence-corrected chi connectivity index (χ1v) is 9.83. The predicted molar refractivity (Wildman–Crippen MR) is 94.6 cm³/mol. The Balaban J connectivity index is 5.76. The molecule has 0 spiro atoms. The van der Waals surface area contributed by atoms with E-state index in [1.54, 1.807) is 41.5 Å². The van der Waals surface area contributed by atoms with Crippen molar-refractivity contribution in [3.8, 4) is 0 Å². The van der Waals surface area contributed by atoms with Crippen LogP contribution in [0.2, 0.25) is 9.56 Å². The fourth-order valence-electron chi connectivity index (χ4n) is 2.51. The second kappa shape index (κ2) is 8.31. The maximum absolute atomic E-state index is 12.8. The molecule has 0 fully saturated rings. The molecule has 0 aliphatic heterocycles. The minimum Gasteiger partial charge on any atom is -0.301 e. The molecule has 0 aliphatic rings. The Morgan fingerprint density at radius 3 is 1.38 bits per heavy atom. The molecular formula is C18H29AlO5. The quantitative estimate of drug-likeness (QED) is 0.494. The fraction of sp³-hybridized carbons (Fsp3) is 0.722. The summed E-state index contributed by atoms with van der Waals surface area (Å²) < 4.78 is -1.86. The van der Waals surface area contributed by atoms with Crippen molar-refractivity contribution in [2.45, 2.75) is 71.4 Å². The Kier molecular flexibility index (Phi) is 7.93. The van der Waals surface area contributed by atoms with Crippen molar-refractivity contribution in [2.75, 3.05) is 0 Å². The lowest BCUT2D eigenvalue weighted by Gasteiger charge is -2.29. The molecule has 0 aliphatic carbocycles. The zero-order chi connectivity index (χ0) is 19.5. The van der Waals surface area contributed by atoms with Crippen molar-refractivity contribution in [2.24, 2.45) is 10.8 Å². The Morgan fingerprint density at radius 1 is 0.750 bits per heavy atom. The van der Waals surface area contributed by atoms with Crippen LogP contribution < -0.4 is 0 Å². The molecule has 134 valence electrons. The van der Waals surface area contributed by atoms with E-state index in [1.165, 1.54) is 13.8 Å². The van der Waals surface area contributed by atoms with Crippen LogP contribution in [0.3, 0.4) is 0 Å². The molecule has 0 rings (SSSR count). The first-order valence-electron chi connectivity index (χ1n) is 8.20. The van der Waals surface area contributed by atoms with Crippen molar-refractivity contribution in [1.29, 1.82) is 0 Å². The number of Topliss-reactive ketones (excluding diaryl/α,β-unsaturated/α-hetero) is 5.